The van der Waals surface area contributed by atoms with Crippen LogP contribution in [0.2, 0.25) is 5.02 Å². The van der Waals surface area contributed by atoms with Gasteiger partial charge in [-0.05, 0) is 56.0 Å². The third-order valence-corrected chi connectivity index (χ3v) is 4.29. The molecule has 1 saturated heterocycles. The Bertz CT molecular complexity index is 312. The Morgan fingerprint density at radius 2 is 2.00 bits per heavy atom. The highest BCUT2D eigenvalue weighted by Crippen LogP contribution is 2.30. The summed E-state index contributed by atoms with van der Waals surface area (Å²) in [5.74, 6) is 0. The minimum atomic E-state index is 0.694. The number of nitrogens with zero attached hydrogens (tertiary/aromatic N) is 1. The fourth-order valence-electron chi connectivity index (χ4n) is 1.84. The van der Waals surface area contributed by atoms with Crippen molar-refractivity contribution < 1.29 is 0 Å². The molecule has 3 heteroatoms. The van der Waals surface area contributed by atoms with Crippen LogP contribution in [-0.2, 0) is 0 Å². The second-order valence-corrected chi connectivity index (χ2v) is 5.59. The highest BCUT2D eigenvalue weighted by molar-refractivity contribution is 7.97. The smallest absolute Gasteiger partial charge is 0.0406 e. The van der Waals surface area contributed by atoms with Gasteiger partial charge in [0.2, 0.25) is 0 Å². The molecule has 0 saturated carbocycles. The van der Waals surface area contributed by atoms with Crippen molar-refractivity contribution in [2.24, 2.45) is 0 Å². The summed E-state index contributed by atoms with van der Waals surface area (Å²) in [6.45, 7) is 3.51. The second-order valence-electron chi connectivity index (χ2n) is 4.03. The highest BCUT2D eigenvalue weighted by Gasteiger charge is 2.18. The van der Waals surface area contributed by atoms with Gasteiger partial charge < -0.3 is 0 Å². The fraction of sp³-hybridized carbons (Fsp3) is 0.500. The lowest BCUT2D eigenvalue weighted by atomic mass is 10.1. The molecule has 2 rings (SSSR count). The van der Waals surface area contributed by atoms with Crippen molar-refractivity contribution in [3.63, 3.8) is 0 Å². The molecule has 1 heterocycles. The van der Waals surface area contributed by atoms with Gasteiger partial charge in [0.15, 0.2) is 0 Å². The molecular formula is C12H16ClNS. The lowest BCUT2D eigenvalue weighted by Gasteiger charge is -2.31. The van der Waals surface area contributed by atoms with E-state index in [9.17, 15) is 0 Å². The number of benzene rings is 1. The Hall–Kier alpha value is -0.180. The Morgan fingerprint density at radius 1 is 1.27 bits per heavy atom. The molecule has 1 aliphatic rings. The van der Waals surface area contributed by atoms with E-state index in [0.29, 0.717) is 6.04 Å². The van der Waals surface area contributed by atoms with Crippen LogP contribution < -0.4 is 0 Å². The fourth-order valence-corrected chi connectivity index (χ4v) is 3.00. The van der Waals surface area contributed by atoms with Crippen LogP contribution in [0.15, 0.2) is 29.2 Å². The maximum atomic E-state index is 5.86. The molecule has 1 fully saturated rings. The van der Waals surface area contributed by atoms with Gasteiger partial charge in [-0.1, -0.05) is 18.0 Å². The molecule has 0 aromatic heterocycles. The quantitative estimate of drug-likeness (QED) is 0.714. The molecule has 1 aliphatic heterocycles. The van der Waals surface area contributed by atoms with Gasteiger partial charge in [0.25, 0.3) is 0 Å². The van der Waals surface area contributed by atoms with Gasteiger partial charge in [-0.3, -0.25) is 0 Å². The number of rotatable bonds is 2. The van der Waals surface area contributed by atoms with E-state index in [-0.39, 0.29) is 0 Å². The molecule has 1 nitrogen and oxygen atoms in total. The van der Waals surface area contributed by atoms with E-state index in [0.717, 1.165) is 5.02 Å². The first-order chi connectivity index (χ1) is 7.25. The molecule has 1 atom stereocenters. The molecule has 82 valence electrons. The van der Waals surface area contributed by atoms with E-state index >= 15 is 0 Å². The zero-order chi connectivity index (χ0) is 10.7. The monoisotopic (exact) mass is 241 g/mol. The standard InChI is InChI=1S/C12H16ClNS/c1-10-4-2-3-9-14(10)15-12-7-5-11(13)6-8-12/h5-8,10H,2-4,9H2,1H3/t10-/m1/s1. The van der Waals surface area contributed by atoms with E-state index in [2.05, 4.69) is 23.4 Å². The predicted octanol–water partition coefficient (Wildman–Crippen LogP) is 4.22. The van der Waals surface area contributed by atoms with Gasteiger partial charge in [-0.25, -0.2) is 4.31 Å². The van der Waals surface area contributed by atoms with Crippen molar-refractivity contribution in [3.05, 3.63) is 29.3 Å². The zero-order valence-electron chi connectivity index (χ0n) is 8.95. The average molecular weight is 242 g/mol. The Morgan fingerprint density at radius 3 is 2.67 bits per heavy atom. The van der Waals surface area contributed by atoms with Crippen LogP contribution in [0.1, 0.15) is 26.2 Å². The first kappa shape index (κ1) is 11.3. The van der Waals surface area contributed by atoms with Crippen molar-refractivity contribution in [2.45, 2.75) is 37.1 Å². The van der Waals surface area contributed by atoms with Crippen LogP contribution in [-0.4, -0.2) is 16.9 Å². The van der Waals surface area contributed by atoms with Crippen LogP contribution in [0.25, 0.3) is 0 Å². The summed E-state index contributed by atoms with van der Waals surface area (Å²) in [4.78, 5) is 1.29. The second kappa shape index (κ2) is 5.24. The van der Waals surface area contributed by atoms with Gasteiger partial charge >= 0.3 is 0 Å². The van der Waals surface area contributed by atoms with E-state index in [1.165, 1.54) is 30.7 Å². The van der Waals surface area contributed by atoms with Crippen LogP contribution in [0.3, 0.4) is 0 Å². The predicted molar refractivity (Wildman–Crippen MR) is 67.3 cm³/mol. The Labute approximate surface area is 101 Å². The molecule has 0 radical (unpaired) electrons. The molecule has 15 heavy (non-hydrogen) atoms. The van der Waals surface area contributed by atoms with Gasteiger partial charge in [-0.15, -0.1) is 0 Å². The molecule has 0 aliphatic carbocycles. The largest absolute Gasteiger partial charge is 0.244 e. The Balaban J connectivity index is 1.98. The summed E-state index contributed by atoms with van der Waals surface area (Å²) < 4.78 is 2.48. The van der Waals surface area contributed by atoms with Crippen molar-refractivity contribution in [3.8, 4) is 0 Å². The average Bonchev–Trinajstić information content (AvgIpc) is 2.25. The van der Waals surface area contributed by atoms with Crippen molar-refractivity contribution >= 4 is 23.5 Å². The number of hydrogen-bond donors (Lipinski definition) is 0. The van der Waals surface area contributed by atoms with E-state index < -0.39 is 0 Å². The third kappa shape index (κ3) is 3.13. The molecule has 1 aromatic rings. The lowest BCUT2D eigenvalue weighted by Crippen LogP contribution is -2.31. The van der Waals surface area contributed by atoms with Crippen molar-refractivity contribution in [2.75, 3.05) is 6.54 Å². The van der Waals surface area contributed by atoms with Gasteiger partial charge in [0, 0.05) is 22.5 Å². The SMILES string of the molecule is C[C@@H]1CCCCN1Sc1ccc(Cl)cc1. The number of halogens is 1. The first-order valence-corrected chi connectivity index (χ1v) is 6.61. The number of hydrogen-bond acceptors (Lipinski definition) is 2. The van der Waals surface area contributed by atoms with E-state index in [1.807, 2.05) is 24.1 Å². The van der Waals surface area contributed by atoms with Gasteiger partial charge in [0.05, 0.1) is 0 Å². The Kier molecular flexibility index (Phi) is 3.95. The van der Waals surface area contributed by atoms with Crippen molar-refractivity contribution in [1.29, 1.82) is 0 Å². The van der Waals surface area contributed by atoms with Crippen LogP contribution >= 0.6 is 23.5 Å². The summed E-state index contributed by atoms with van der Waals surface area (Å²) >= 11 is 7.72. The first-order valence-electron chi connectivity index (χ1n) is 5.46. The van der Waals surface area contributed by atoms with Gasteiger partial charge in [-0.2, -0.15) is 0 Å². The molecule has 0 spiro atoms. The van der Waals surface area contributed by atoms with Gasteiger partial charge in [0.1, 0.15) is 0 Å². The highest BCUT2D eigenvalue weighted by atomic mass is 35.5. The van der Waals surface area contributed by atoms with E-state index in [4.69, 9.17) is 11.6 Å². The van der Waals surface area contributed by atoms with Crippen LogP contribution in [0, 0.1) is 0 Å². The topological polar surface area (TPSA) is 3.24 Å². The minimum absolute atomic E-state index is 0.694. The normalized spacial score (nSPS) is 22.9. The maximum absolute atomic E-state index is 5.86. The van der Waals surface area contributed by atoms with Crippen LogP contribution in [0.5, 0.6) is 0 Å². The molecular weight excluding hydrogens is 226 g/mol. The summed E-state index contributed by atoms with van der Waals surface area (Å²) in [5, 5.41) is 0.811. The zero-order valence-corrected chi connectivity index (χ0v) is 10.5. The minimum Gasteiger partial charge on any atom is -0.244 e. The maximum Gasteiger partial charge on any atom is 0.0406 e. The van der Waals surface area contributed by atoms with E-state index in [1.54, 1.807) is 0 Å². The third-order valence-electron chi connectivity index (χ3n) is 2.78. The molecule has 0 unspecified atom stereocenters. The molecule has 0 N–H and O–H groups in total. The molecule has 1 aromatic carbocycles. The van der Waals surface area contributed by atoms with Crippen molar-refractivity contribution in [1.82, 2.24) is 4.31 Å². The summed E-state index contributed by atoms with van der Waals surface area (Å²) in [6.07, 6.45) is 4.02. The lowest BCUT2D eigenvalue weighted by molar-refractivity contribution is 0.292. The summed E-state index contributed by atoms with van der Waals surface area (Å²) in [6, 6.07) is 8.79. The molecule has 0 amide bonds. The number of piperidine rings is 1. The molecule has 0 bridgehead atoms. The van der Waals surface area contributed by atoms with Crippen LogP contribution in [0.4, 0.5) is 0 Å². The summed E-state index contributed by atoms with van der Waals surface area (Å²) in [5.41, 5.74) is 0. The summed E-state index contributed by atoms with van der Waals surface area (Å²) in [7, 11) is 0.